The van der Waals surface area contributed by atoms with Crippen LogP contribution in [0.15, 0.2) is 22.7 Å². The molecule has 0 atom stereocenters. The van der Waals surface area contributed by atoms with Crippen LogP contribution in [0.2, 0.25) is 5.15 Å². The zero-order chi connectivity index (χ0) is 14.0. The molecule has 1 heterocycles. The number of aromatic nitrogens is 2. The van der Waals surface area contributed by atoms with Gasteiger partial charge >= 0.3 is 0 Å². The van der Waals surface area contributed by atoms with E-state index in [9.17, 15) is 0 Å². The van der Waals surface area contributed by atoms with Crippen LogP contribution in [0.1, 0.15) is 23.9 Å². The molecule has 1 N–H and O–H groups in total. The van der Waals surface area contributed by atoms with Crippen molar-refractivity contribution in [2.75, 3.05) is 5.32 Å². The van der Waals surface area contributed by atoms with Crippen molar-refractivity contribution in [3.05, 3.63) is 44.8 Å². The first-order valence-electron chi connectivity index (χ1n) is 6.07. The molecule has 100 valence electrons. The third kappa shape index (κ3) is 3.45. The average molecular weight is 341 g/mol. The van der Waals surface area contributed by atoms with Crippen molar-refractivity contribution in [1.82, 2.24) is 9.97 Å². The Kier molecular flexibility index (Phi) is 4.42. The van der Waals surface area contributed by atoms with Gasteiger partial charge in [0.1, 0.15) is 16.8 Å². The largest absolute Gasteiger partial charge is 0.340 e. The molecule has 0 unspecified atom stereocenters. The van der Waals surface area contributed by atoms with Gasteiger partial charge in [0.2, 0.25) is 0 Å². The highest BCUT2D eigenvalue weighted by Crippen LogP contribution is 2.28. The molecule has 3 nitrogen and oxygen atoms in total. The third-order valence-corrected chi connectivity index (χ3v) is 3.46. The average Bonchev–Trinajstić information content (AvgIpc) is 2.33. The Hall–Kier alpha value is -1.13. The van der Waals surface area contributed by atoms with E-state index in [1.54, 1.807) is 6.07 Å². The van der Waals surface area contributed by atoms with Crippen LogP contribution >= 0.6 is 27.5 Å². The molecule has 0 fully saturated rings. The fourth-order valence-electron chi connectivity index (χ4n) is 1.92. The van der Waals surface area contributed by atoms with Crippen molar-refractivity contribution in [2.45, 2.75) is 27.2 Å². The molecule has 0 aliphatic heterocycles. The topological polar surface area (TPSA) is 37.8 Å². The number of anilines is 2. The molecule has 0 amide bonds. The fourth-order valence-corrected chi connectivity index (χ4v) is 2.81. The van der Waals surface area contributed by atoms with Crippen molar-refractivity contribution in [2.24, 2.45) is 0 Å². The lowest BCUT2D eigenvalue weighted by Crippen LogP contribution is -2.02. The number of nitrogens with one attached hydrogen (secondary N) is 1. The summed E-state index contributed by atoms with van der Waals surface area (Å²) in [6, 6.07) is 5.87. The molecular weight excluding hydrogens is 326 g/mol. The maximum Gasteiger partial charge on any atom is 0.135 e. The van der Waals surface area contributed by atoms with Crippen molar-refractivity contribution in [1.29, 1.82) is 0 Å². The van der Waals surface area contributed by atoms with Gasteiger partial charge in [-0.05, 0) is 37.1 Å². The second kappa shape index (κ2) is 5.88. The standard InChI is InChI=1S/C14H15BrClN3/c1-4-12-17-11(16)7-13(18-12)19-14-8(2)5-10(15)6-9(14)3/h5-7H,4H2,1-3H3,(H,17,18,19). The molecule has 0 spiro atoms. The van der Waals surface area contributed by atoms with E-state index in [0.717, 1.165) is 39.4 Å². The van der Waals surface area contributed by atoms with E-state index in [1.165, 1.54) is 0 Å². The van der Waals surface area contributed by atoms with E-state index in [1.807, 2.05) is 6.92 Å². The molecule has 0 bridgehead atoms. The van der Waals surface area contributed by atoms with Gasteiger partial charge in [-0.2, -0.15) is 0 Å². The molecule has 2 aromatic rings. The molecule has 19 heavy (non-hydrogen) atoms. The van der Waals surface area contributed by atoms with Gasteiger partial charge < -0.3 is 5.32 Å². The van der Waals surface area contributed by atoms with E-state index in [2.05, 4.69) is 57.2 Å². The number of halogens is 2. The van der Waals surface area contributed by atoms with Gasteiger partial charge in [0.05, 0.1) is 0 Å². The second-order valence-corrected chi connectivity index (χ2v) is 5.69. The minimum atomic E-state index is 0.460. The highest BCUT2D eigenvalue weighted by molar-refractivity contribution is 9.10. The summed E-state index contributed by atoms with van der Waals surface area (Å²) in [5.41, 5.74) is 3.36. The van der Waals surface area contributed by atoms with Crippen LogP contribution in [0.25, 0.3) is 0 Å². The van der Waals surface area contributed by atoms with Crippen LogP contribution in [0.4, 0.5) is 11.5 Å². The molecule has 1 aromatic heterocycles. The maximum atomic E-state index is 6.00. The molecule has 0 saturated heterocycles. The van der Waals surface area contributed by atoms with E-state index in [-0.39, 0.29) is 0 Å². The van der Waals surface area contributed by atoms with Crippen molar-refractivity contribution in [3.63, 3.8) is 0 Å². The Morgan fingerprint density at radius 1 is 1.16 bits per heavy atom. The first kappa shape index (κ1) is 14.3. The summed E-state index contributed by atoms with van der Waals surface area (Å²) in [6.07, 6.45) is 0.757. The van der Waals surface area contributed by atoms with E-state index < -0.39 is 0 Å². The fraction of sp³-hybridized carbons (Fsp3) is 0.286. The Bertz CT molecular complexity index is 591. The van der Waals surface area contributed by atoms with Crippen LogP contribution < -0.4 is 5.32 Å². The van der Waals surface area contributed by atoms with Gasteiger partial charge in [-0.15, -0.1) is 0 Å². The van der Waals surface area contributed by atoms with Gasteiger partial charge in [-0.25, -0.2) is 9.97 Å². The lowest BCUT2D eigenvalue weighted by atomic mass is 10.1. The summed E-state index contributed by atoms with van der Waals surface area (Å²) in [6.45, 7) is 6.12. The number of hydrogen-bond acceptors (Lipinski definition) is 3. The molecular formula is C14H15BrClN3. The highest BCUT2D eigenvalue weighted by atomic mass is 79.9. The minimum absolute atomic E-state index is 0.460. The van der Waals surface area contributed by atoms with Gasteiger partial charge in [0.15, 0.2) is 0 Å². The number of rotatable bonds is 3. The summed E-state index contributed by atoms with van der Waals surface area (Å²) in [5.74, 6) is 1.47. The van der Waals surface area contributed by atoms with Crippen LogP contribution in [0.3, 0.4) is 0 Å². The summed E-state index contributed by atoms with van der Waals surface area (Å²) in [4.78, 5) is 8.59. The van der Waals surface area contributed by atoms with Gasteiger partial charge in [-0.3, -0.25) is 0 Å². The van der Waals surface area contributed by atoms with Crippen molar-refractivity contribution in [3.8, 4) is 0 Å². The van der Waals surface area contributed by atoms with Gasteiger partial charge in [0.25, 0.3) is 0 Å². The third-order valence-electron chi connectivity index (χ3n) is 2.81. The summed E-state index contributed by atoms with van der Waals surface area (Å²) in [7, 11) is 0. The first-order valence-corrected chi connectivity index (χ1v) is 7.24. The Balaban J connectivity index is 2.39. The molecule has 1 aromatic carbocycles. The predicted octanol–water partition coefficient (Wildman–Crippen LogP) is 4.82. The predicted molar refractivity (Wildman–Crippen MR) is 83.3 cm³/mol. The zero-order valence-electron chi connectivity index (χ0n) is 11.1. The Morgan fingerprint density at radius 2 is 1.79 bits per heavy atom. The lowest BCUT2D eigenvalue weighted by molar-refractivity contribution is 0.943. The minimum Gasteiger partial charge on any atom is -0.340 e. The lowest BCUT2D eigenvalue weighted by Gasteiger charge is -2.13. The molecule has 0 aliphatic carbocycles. The Morgan fingerprint density at radius 3 is 2.37 bits per heavy atom. The van der Waals surface area contributed by atoms with Gasteiger partial charge in [-0.1, -0.05) is 34.5 Å². The molecule has 0 radical (unpaired) electrons. The number of aryl methyl sites for hydroxylation is 3. The smallest absolute Gasteiger partial charge is 0.135 e. The SMILES string of the molecule is CCc1nc(Cl)cc(Nc2c(C)cc(Br)cc2C)n1. The monoisotopic (exact) mass is 339 g/mol. The second-order valence-electron chi connectivity index (χ2n) is 4.39. The maximum absolute atomic E-state index is 6.00. The van der Waals surface area contributed by atoms with Crippen molar-refractivity contribution < 1.29 is 0 Å². The van der Waals surface area contributed by atoms with Crippen LogP contribution in [-0.2, 0) is 6.42 Å². The van der Waals surface area contributed by atoms with E-state index in [4.69, 9.17) is 11.6 Å². The summed E-state index contributed by atoms with van der Waals surface area (Å²) in [5, 5.41) is 3.79. The summed E-state index contributed by atoms with van der Waals surface area (Å²) >= 11 is 9.49. The zero-order valence-corrected chi connectivity index (χ0v) is 13.4. The van der Waals surface area contributed by atoms with E-state index >= 15 is 0 Å². The first-order chi connectivity index (χ1) is 8.99. The molecule has 2 rings (SSSR count). The number of nitrogens with zero attached hydrogens (tertiary/aromatic N) is 2. The molecule has 0 aliphatic rings. The molecule has 0 saturated carbocycles. The summed E-state index contributed by atoms with van der Waals surface area (Å²) < 4.78 is 1.07. The van der Waals surface area contributed by atoms with Crippen LogP contribution in [0.5, 0.6) is 0 Å². The van der Waals surface area contributed by atoms with E-state index in [0.29, 0.717) is 5.15 Å². The molecule has 5 heteroatoms. The van der Waals surface area contributed by atoms with Crippen molar-refractivity contribution >= 4 is 39.0 Å². The normalized spacial score (nSPS) is 10.6. The van der Waals surface area contributed by atoms with Crippen LogP contribution in [-0.4, -0.2) is 9.97 Å². The number of benzene rings is 1. The van der Waals surface area contributed by atoms with Crippen LogP contribution in [0, 0.1) is 13.8 Å². The highest BCUT2D eigenvalue weighted by Gasteiger charge is 2.07. The number of hydrogen-bond donors (Lipinski definition) is 1. The quantitative estimate of drug-likeness (QED) is 0.814. The Labute approximate surface area is 126 Å². The van der Waals surface area contributed by atoms with Gasteiger partial charge in [0, 0.05) is 22.6 Å².